The maximum Gasteiger partial charge on any atom is 0.541 e. The first-order valence-corrected chi connectivity index (χ1v) is 11.5. The zero-order valence-electron chi connectivity index (χ0n) is 18.1. The summed E-state index contributed by atoms with van der Waals surface area (Å²) < 4.78 is 31.3. The van der Waals surface area contributed by atoms with Gasteiger partial charge in [0, 0.05) is 5.69 Å². The van der Waals surface area contributed by atoms with Crippen molar-refractivity contribution in [2.45, 2.75) is 34.6 Å². The van der Waals surface area contributed by atoms with Gasteiger partial charge in [-0.3, -0.25) is 5.09 Å². The van der Waals surface area contributed by atoms with E-state index in [1.54, 1.807) is 24.3 Å². The zero-order chi connectivity index (χ0) is 21.7. The number of rotatable bonds is 8. The first-order chi connectivity index (χ1) is 14.3. The van der Waals surface area contributed by atoms with Crippen molar-refractivity contribution in [3.63, 3.8) is 0 Å². The van der Waals surface area contributed by atoms with Gasteiger partial charge in [-0.05, 0) is 93.3 Å². The standard InChI is InChI=1S/C24H28NO4P/c1-6-27-22-15-13-21(14-16-22)25-30(26,28-23-11-7-9-17(2)19(23)4)29-24-12-8-10-18(3)20(24)5/h7-16H,6H2,1-5H3,(H,25,26). The SMILES string of the molecule is CCOc1ccc(NP(=O)(Oc2cccc(C)c2C)Oc2cccc(C)c2C)cc1. The molecule has 3 aromatic rings. The van der Waals surface area contributed by atoms with Crippen LogP contribution in [0, 0.1) is 27.7 Å². The molecule has 0 unspecified atom stereocenters. The first kappa shape index (κ1) is 21.8. The fourth-order valence-corrected chi connectivity index (χ4v) is 4.43. The van der Waals surface area contributed by atoms with Crippen LogP contribution < -0.4 is 18.9 Å². The van der Waals surface area contributed by atoms with Gasteiger partial charge < -0.3 is 13.8 Å². The fourth-order valence-electron chi connectivity index (χ4n) is 2.92. The summed E-state index contributed by atoms with van der Waals surface area (Å²) in [6.45, 7) is 10.3. The minimum Gasteiger partial charge on any atom is -0.494 e. The Morgan fingerprint density at radius 1 is 0.767 bits per heavy atom. The highest BCUT2D eigenvalue weighted by molar-refractivity contribution is 7.56. The maximum atomic E-state index is 13.9. The van der Waals surface area contributed by atoms with Crippen molar-refractivity contribution in [2.24, 2.45) is 0 Å². The molecule has 3 aromatic carbocycles. The lowest BCUT2D eigenvalue weighted by molar-refractivity contribution is 0.340. The Labute approximate surface area is 178 Å². The molecule has 0 fully saturated rings. The van der Waals surface area contributed by atoms with Crippen molar-refractivity contribution < 1.29 is 18.3 Å². The van der Waals surface area contributed by atoms with Crippen LogP contribution in [0.25, 0.3) is 0 Å². The van der Waals surface area contributed by atoms with Gasteiger partial charge in [0.15, 0.2) is 0 Å². The quantitative estimate of drug-likeness (QED) is 0.394. The van der Waals surface area contributed by atoms with Crippen molar-refractivity contribution in [1.82, 2.24) is 0 Å². The van der Waals surface area contributed by atoms with E-state index in [-0.39, 0.29) is 0 Å². The Morgan fingerprint density at radius 2 is 1.27 bits per heavy atom. The summed E-state index contributed by atoms with van der Waals surface area (Å²) in [5, 5.41) is 2.97. The highest BCUT2D eigenvalue weighted by Crippen LogP contribution is 2.50. The summed E-state index contributed by atoms with van der Waals surface area (Å²) in [4.78, 5) is 0. The van der Waals surface area contributed by atoms with Crippen LogP contribution in [0.3, 0.4) is 0 Å². The predicted molar refractivity (Wildman–Crippen MR) is 122 cm³/mol. The summed E-state index contributed by atoms with van der Waals surface area (Å²) in [7, 11) is -3.80. The molecule has 158 valence electrons. The molecule has 0 saturated heterocycles. The van der Waals surface area contributed by atoms with Crippen LogP contribution in [0.2, 0.25) is 0 Å². The highest BCUT2D eigenvalue weighted by atomic mass is 31.2. The second-order valence-electron chi connectivity index (χ2n) is 7.15. The van der Waals surface area contributed by atoms with Crippen LogP contribution in [0.4, 0.5) is 5.69 Å². The van der Waals surface area contributed by atoms with Crippen LogP contribution in [-0.4, -0.2) is 6.61 Å². The third-order valence-electron chi connectivity index (χ3n) is 4.98. The van der Waals surface area contributed by atoms with E-state index in [9.17, 15) is 4.57 Å². The smallest absolute Gasteiger partial charge is 0.494 e. The molecule has 0 aliphatic rings. The number of anilines is 1. The minimum absolute atomic E-state index is 0.516. The van der Waals surface area contributed by atoms with E-state index in [0.29, 0.717) is 23.8 Å². The number of benzene rings is 3. The van der Waals surface area contributed by atoms with E-state index in [1.165, 1.54) is 0 Å². The van der Waals surface area contributed by atoms with Crippen LogP contribution in [0.5, 0.6) is 17.2 Å². The molecule has 3 rings (SSSR count). The van der Waals surface area contributed by atoms with Gasteiger partial charge in [-0.25, -0.2) is 4.57 Å². The van der Waals surface area contributed by atoms with Gasteiger partial charge in [0.05, 0.1) is 6.61 Å². The van der Waals surface area contributed by atoms with Gasteiger partial charge >= 0.3 is 7.75 Å². The molecular formula is C24H28NO4P. The molecule has 30 heavy (non-hydrogen) atoms. The van der Waals surface area contributed by atoms with Crippen molar-refractivity contribution in [1.29, 1.82) is 0 Å². The Morgan fingerprint density at radius 3 is 1.73 bits per heavy atom. The minimum atomic E-state index is -3.80. The predicted octanol–water partition coefficient (Wildman–Crippen LogP) is 7.00. The molecule has 0 aliphatic carbocycles. The summed E-state index contributed by atoms with van der Waals surface area (Å²) >= 11 is 0. The van der Waals surface area contributed by atoms with E-state index in [2.05, 4.69) is 5.09 Å². The van der Waals surface area contributed by atoms with E-state index in [1.807, 2.05) is 71.0 Å². The van der Waals surface area contributed by atoms with Gasteiger partial charge in [-0.1, -0.05) is 24.3 Å². The summed E-state index contributed by atoms with van der Waals surface area (Å²) in [6.07, 6.45) is 0. The Balaban J connectivity index is 1.95. The molecular weight excluding hydrogens is 397 g/mol. The molecule has 0 aliphatic heterocycles. The van der Waals surface area contributed by atoms with Crippen molar-refractivity contribution >= 4 is 13.4 Å². The van der Waals surface area contributed by atoms with Gasteiger partial charge in [0.1, 0.15) is 17.2 Å². The van der Waals surface area contributed by atoms with Gasteiger partial charge in [0.25, 0.3) is 0 Å². The third-order valence-corrected chi connectivity index (χ3v) is 6.38. The molecule has 0 spiro atoms. The molecule has 1 N–H and O–H groups in total. The van der Waals surface area contributed by atoms with Gasteiger partial charge in [0.2, 0.25) is 0 Å². The van der Waals surface area contributed by atoms with Crippen LogP contribution in [-0.2, 0) is 4.57 Å². The molecule has 0 radical (unpaired) electrons. The molecule has 0 atom stereocenters. The second-order valence-corrected chi connectivity index (χ2v) is 8.73. The van der Waals surface area contributed by atoms with E-state index in [0.717, 1.165) is 28.0 Å². The van der Waals surface area contributed by atoms with E-state index in [4.69, 9.17) is 13.8 Å². The van der Waals surface area contributed by atoms with Crippen LogP contribution >= 0.6 is 7.75 Å². The molecule has 0 heterocycles. The van der Waals surface area contributed by atoms with Crippen LogP contribution in [0.1, 0.15) is 29.2 Å². The van der Waals surface area contributed by atoms with Crippen LogP contribution in [0.15, 0.2) is 60.7 Å². The molecule has 0 amide bonds. The lowest BCUT2D eigenvalue weighted by Crippen LogP contribution is -2.11. The van der Waals surface area contributed by atoms with Gasteiger partial charge in [-0.15, -0.1) is 0 Å². The normalized spacial score (nSPS) is 11.1. The lowest BCUT2D eigenvalue weighted by atomic mass is 10.1. The summed E-state index contributed by atoms with van der Waals surface area (Å²) in [5.74, 6) is 1.77. The monoisotopic (exact) mass is 425 g/mol. The molecule has 5 nitrogen and oxygen atoms in total. The summed E-state index contributed by atoms with van der Waals surface area (Å²) in [6, 6.07) is 18.5. The lowest BCUT2D eigenvalue weighted by Gasteiger charge is -2.23. The molecule has 0 saturated carbocycles. The zero-order valence-corrected chi connectivity index (χ0v) is 19.0. The molecule has 0 aromatic heterocycles. The third kappa shape index (κ3) is 5.17. The maximum absolute atomic E-state index is 13.9. The van der Waals surface area contributed by atoms with Crippen molar-refractivity contribution in [2.75, 3.05) is 11.7 Å². The highest BCUT2D eigenvalue weighted by Gasteiger charge is 2.30. The molecule has 0 bridgehead atoms. The largest absolute Gasteiger partial charge is 0.541 e. The van der Waals surface area contributed by atoms with Crippen molar-refractivity contribution in [3.05, 3.63) is 82.9 Å². The van der Waals surface area contributed by atoms with Crippen molar-refractivity contribution in [3.8, 4) is 17.2 Å². The number of hydrogen-bond donors (Lipinski definition) is 1. The molecule has 6 heteroatoms. The number of ether oxygens (including phenoxy) is 1. The topological polar surface area (TPSA) is 56.8 Å². The first-order valence-electron chi connectivity index (χ1n) is 9.94. The number of nitrogens with one attached hydrogen (secondary N) is 1. The van der Waals surface area contributed by atoms with Gasteiger partial charge in [-0.2, -0.15) is 0 Å². The Hall–Kier alpha value is -2.91. The average molecular weight is 425 g/mol. The average Bonchev–Trinajstić information content (AvgIpc) is 2.71. The Bertz CT molecular complexity index is 1010. The summed E-state index contributed by atoms with van der Waals surface area (Å²) in [5.41, 5.74) is 4.53. The Kier molecular flexibility index (Phi) is 6.73. The fraction of sp³-hybridized carbons (Fsp3) is 0.250. The van der Waals surface area contributed by atoms with E-state index < -0.39 is 7.75 Å². The van der Waals surface area contributed by atoms with E-state index >= 15 is 0 Å². The number of aryl methyl sites for hydroxylation is 2. The second kappa shape index (κ2) is 9.27. The number of hydrogen-bond acceptors (Lipinski definition) is 4.